The predicted molar refractivity (Wildman–Crippen MR) is 87.2 cm³/mol. The second-order valence-electron chi connectivity index (χ2n) is 5.42. The Labute approximate surface area is 134 Å². The molecule has 0 saturated heterocycles. The van der Waals surface area contributed by atoms with E-state index in [0.29, 0.717) is 5.69 Å². The van der Waals surface area contributed by atoms with Crippen molar-refractivity contribution in [2.75, 3.05) is 6.26 Å². The molecule has 1 heterocycles. The molecule has 0 saturated carbocycles. The minimum absolute atomic E-state index is 0.0372. The van der Waals surface area contributed by atoms with Crippen molar-refractivity contribution < 1.29 is 13.2 Å². The molecule has 0 radical (unpaired) electrons. The van der Waals surface area contributed by atoms with Crippen LogP contribution in [0.5, 0.6) is 0 Å². The summed E-state index contributed by atoms with van der Waals surface area (Å²) in [6.45, 7) is 3.49. The van der Waals surface area contributed by atoms with Gasteiger partial charge < -0.3 is 10.3 Å². The summed E-state index contributed by atoms with van der Waals surface area (Å²) >= 11 is 0. The van der Waals surface area contributed by atoms with Gasteiger partial charge in [-0.2, -0.15) is 0 Å². The van der Waals surface area contributed by atoms with E-state index in [4.69, 9.17) is 0 Å². The lowest BCUT2D eigenvalue weighted by molar-refractivity contribution is 0.0938. The van der Waals surface area contributed by atoms with Crippen LogP contribution in [0.3, 0.4) is 0 Å². The number of rotatable bonds is 4. The number of benzene rings is 1. The highest BCUT2D eigenvalue weighted by molar-refractivity contribution is 7.90. The molecule has 0 aliphatic carbocycles. The average Bonchev–Trinajstić information content (AvgIpc) is 2.46. The fourth-order valence-corrected chi connectivity index (χ4v) is 2.74. The number of H-pyrrole nitrogens is 1. The van der Waals surface area contributed by atoms with Crippen molar-refractivity contribution in [3.05, 3.63) is 63.6 Å². The molecule has 1 atom stereocenters. The molecule has 1 aromatic carbocycles. The summed E-state index contributed by atoms with van der Waals surface area (Å²) in [5.41, 5.74) is 1.02. The van der Waals surface area contributed by atoms with E-state index in [-0.39, 0.29) is 16.5 Å². The Hall–Kier alpha value is -2.41. The summed E-state index contributed by atoms with van der Waals surface area (Å²) in [6.07, 6.45) is 1.14. The van der Waals surface area contributed by atoms with Gasteiger partial charge in [-0.1, -0.05) is 12.1 Å². The first-order chi connectivity index (χ1) is 10.7. The fourth-order valence-electron chi connectivity index (χ4n) is 2.11. The number of aryl methyl sites for hydroxylation is 1. The fraction of sp³-hybridized carbons (Fsp3) is 0.250. The van der Waals surface area contributed by atoms with Crippen LogP contribution in [0.15, 0.2) is 46.1 Å². The SMILES string of the molecule is Cc1ccc(C(=O)NC(C)c2ccc(S(C)(=O)=O)cc2)c(=O)[nH]1. The van der Waals surface area contributed by atoms with E-state index in [0.717, 1.165) is 11.8 Å². The van der Waals surface area contributed by atoms with E-state index in [9.17, 15) is 18.0 Å². The van der Waals surface area contributed by atoms with Gasteiger partial charge in [0.2, 0.25) is 0 Å². The molecule has 2 N–H and O–H groups in total. The molecule has 7 heteroatoms. The number of nitrogens with one attached hydrogen (secondary N) is 2. The number of hydrogen-bond donors (Lipinski definition) is 2. The van der Waals surface area contributed by atoms with Crippen molar-refractivity contribution in [1.29, 1.82) is 0 Å². The molecule has 1 unspecified atom stereocenters. The molecule has 2 rings (SSSR count). The van der Waals surface area contributed by atoms with E-state index in [1.807, 2.05) is 0 Å². The van der Waals surface area contributed by atoms with E-state index in [1.165, 1.54) is 18.2 Å². The van der Waals surface area contributed by atoms with E-state index in [2.05, 4.69) is 10.3 Å². The summed E-state index contributed by atoms with van der Waals surface area (Å²) in [4.78, 5) is 26.7. The second kappa shape index (κ2) is 6.37. The molecule has 0 fully saturated rings. The van der Waals surface area contributed by atoms with E-state index >= 15 is 0 Å². The maximum atomic E-state index is 12.2. The smallest absolute Gasteiger partial charge is 0.260 e. The molecule has 122 valence electrons. The van der Waals surface area contributed by atoms with Gasteiger partial charge in [0.15, 0.2) is 9.84 Å². The van der Waals surface area contributed by atoms with Crippen LogP contribution in [0.25, 0.3) is 0 Å². The van der Waals surface area contributed by atoms with Crippen LogP contribution >= 0.6 is 0 Å². The molecule has 2 aromatic rings. The lowest BCUT2D eigenvalue weighted by Gasteiger charge is -2.14. The Balaban J connectivity index is 2.16. The summed E-state index contributed by atoms with van der Waals surface area (Å²) in [5.74, 6) is -0.481. The number of pyridine rings is 1. The van der Waals surface area contributed by atoms with E-state index in [1.54, 1.807) is 32.0 Å². The van der Waals surface area contributed by atoms with Gasteiger partial charge in [-0.15, -0.1) is 0 Å². The molecule has 0 bridgehead atoms. The number of amides is 1. The van der Waals surface area contributed by atoms with E-state index < -0.39 is 21.3 Å². The zero-order valence-corrected chi connectivity index (χ0v) is 13.9. The third-order valence-corrected chi connectivity index (χ3v) is 4.58. The molecule has 6 nitrogen and oxygen atoms in total. The standard InChI is InChI=1S/C16H18N2O4S/c1-10-4-9-14(15(19)17-10)16(20)18-11(2)12-5-7-13(8-6-12)23(3,21)22/h4-9,11H,1-3H3,(H,17,19)(H,18,20). The number of aromatic amines is 1. The number of carbonyl (C=O) groups is 1. The second-order valence-corrected chi connectivity index (χ2v) is 7.44. The van der Waals surface area contributed by atoms with Gasteiger partial charge in [-0.3, -0.25) is 9.59 Å². The highest BCUT2D eigenvalue weighted by Crippen LogP contribution is 2.16. The third kappa shape index (κ3) is 4.07. The monoisotopic (exact) mass is 334 g/mol. The summed E-state index contributed by atoms with van der Waals surface area (Å²) in [5, 5.41) is 2.72. The van der Waals surface area contributed by atoms with Crippen LogP contribution in [0.4, 0.5) is 0 Å². The first-order valence-corrected chi connectivity index (χ1v) is 8.88. The zero-order valence-electron chi connectivity index (χ0n) is 13.1. The maximum Gasteiger partial charge on any atom is 0.260 e. The lowest BCUT2D eigenvalue weighted by Crippen LogP contribution is -2.31. The van der Waals surface area contributed by atoms with Crippen molar-refractivity contribution in [3.63, 3.8) is 0 Å². The topological polar surface area (TPSA) is 96.1 Å². The van der Waals surface area contributed by atoms with Gasteiger partial charge in [-0.25, -0.2) is 8.42 Å². The normalized spacial score (nSPS) is 12.7. The zero-order chi connectivity index (χ0) is 17.2. The van der Waals surface area contributed by atoms with Crippen molar-refractivity contribution in [1.82, 2.24) is 10.3 Å². The van der Waals surface area contributed by atoms with Crippen LogP contribution in [-0.2, 0) is 9.84 Å². The lowest BCUT2D eigenvalue weighted by atomic mass is 10.1. The third-order valence-electron chi connectivity index (χ3n) is 3.46. The van der Waals surface area contributed by atoms with Gasteiger partial charge >= 0.3 is 0 Å². The van der Waals surface area contributed by atoms with Crippen LogP contribution in [0.2, 0.25) is 0 Å². The van der Waals surface area contributed by atoms with Crippen LogP contribution < -0.4 is 10.9 Å². The molecule has 0 aliphatic rings. The van der Waals surface area contributed by atoms with Gasteiger partial charge in [0, 0.05) is 11.9 Å². The quantitative estimate of drug-likeness (QED) is 0.887. The summed E-state index contributed by atoms with van der Waals surface area (Å²) in [6, 6.07) is 9.03. The molecule has 1 aromatic heterocycles. The van der Waals surface area contributed by atoms with Crippen LogP contribution in [0, 0.1) is 6.92 Å². The van der Waals surface area contributed by atoms with Crippen LogP contribution in [0.1, 0.15) is 34.6 Å². The molecule has 0 spiro atoms. The Kier molecular flexibility index (Phi) is 4.70. The summed E-state index contributed by atoms with van der Waals surface area (Å²) in [7, 11) is -3.25. The predicted octanol–water partition coefficient (Wildman–Crippen LogP) is 1.58. The Morgan fingerprint density at radius 1 is 1.13 bits per heavy atom. The van der Waals surface area contributed by atoms with Crippen LogP contribution in [-0.4, -0.2) is 25.6 Å². The largest absolute Gasteiger partial charge is 0.345 e. The van der Waals surface area contributed by atoms with Gasteiger partial charge in [-0.05, 0) is 43.7 Å². The number of aromatic nitrogens is 1. The minimum atomic E-state index is -3.25. The first-order valence-electron chi connectivity index (χ1n) is 6.99. The number of sulfone groups is 1. The molecule has 1 amide bonds. The van der Waals surface area contributed by atoms with Crippen molar-refractivity contribution in [3.8, 4) is 0 Å². The number of hydrogen-bond acceptors (Lipinski definition) is 4. The Bertz CT molecular complexity index is 883. The Morgan fingerprint density at radius 3 is 2.26 bits per heavy atom. The molecular formula is C16H18N2O4S. The van der Waals surface area contributed by atoms with Gasteiger partial charge in [0.25, 0.3) is 11.5 Å². The van der Waals surface area contributed by atoms with Crippen molar-refractivity contribution >= 4 is 15.7 Å². The highest BCUT2D eigenvalue weighted by atomic mass is 32.2. The Morgan fingerprint density at radius 2 is 1.74 bits per heavy atom. The van der Waals surface area contributed by atoms with Crippen molar-refractivity contribution in [2.45, 2.75) is 24.8 Å². The van der Waals surface area contributed by atoms with Crippen molar-refractivity contribution in [2.24, 2.45) is 0 Å². The molecular weight excluding hydrogens is 316 g/mol. The average molecular weight is 334 g/mol. The summed E-state index contributed by atoms with van der Waals surface area (Å²) < 4.78 is 22.9. The van der Waals surface area contributed by atoms with Gasteiger partial charge in [0.1, 0.15) is 5.56 Å². The highest BCUT2D eigenvalue weighted by Gasteiger charge is 2.15. The van der Waals surface area contributed by atoms with Gasteiger partial charge in [0.05, 0.1) is 10.9 Å². The minimum Gasteiger partial charge on any atom is -0.345 e. The maximum absolute atomic E-state index is 12.2. The first kappa shape index (κ1) is 17.0. The number of carbonyl (C=O) groups excluding carboxylic acids is 1. The molecule has 23 heavy (non-hydrogen) atoms. The molecule has 0 aliphatic heterocycles.